The van der Waals surface area contributed by atoms with E-state index in [-0.39, 0.29) is 10.8 Å². The fourth-order valence-corrected chi connectivity index (χ4v) is 2.44. The highest BCUT2D eigenvalue weighted by Crippen LogP contribution is 2.19. The second-order valence-corrected chi connectivity index (χ2v) is 5.85. The number of hydrazone groups is 1. The summed E-state index contributed by atoms with van der Waals surface area (Å²) >= 11 is 4.97. The van der Waals surface area contributed by atoms with Gasteiger partial charge in [0.1, 0.15) is 24.4 Å². The molecule has 0 unspecified atom stereocenters. The van der Waals surface area contributed by atoms with Crippen molar-refractivity contribution < 1.29 is 30.1 Å². The van der Waals surface area contributed by atoms with Crippen molar-refractivity contribution in [1.29, 1.82) is 0 Å². The van der Waals surface area contributed by atoms with Crippen LogP contribution in [0.1, 0.15) is 5.56 Å². The number of nitrogens with one attached hydrogen (secondary N) is 2. The Morgan fingerprint density at radius 2 is 2.08 bits per heavy atom. The molecule has 6 N–H and O–H groups in total. The third-order valence-corrected chi connectivity index (χ3v) is 3.84. The second kappa shape index (κ2) is 8.93. The van der Waals surface area contributed by atoms with Gasteiger partial charge in [-0.15, -0.1) is 0 Å². The molecule has 0 bridgehead atoms. The molecule has 0 amide bonds. The average Bonchev–Trinajstić information content (AvgIpc) is 2.62. The molecular weight excluding hydrogens is 368 g/mol. The summed E-state index contributed by atoms with van der Waals surface area (Å²) in [5.74, 6) is 0. The first-order valence-electron chi connectivity index (χ1n) is 7.48. The van der Waals surface area contributed by atoms with Crippen molar-refractivity contribution in [1.82, 2.24) is 10.7 Å². The van der Waals surface area contributed by atoms with Gasteiger partial charge in [0.15, 0.2) is 11.3 Å². The lowest BCUT2D eigenvalue weighted by Crippen LogP contribution is -2.63. The van der Waals surface area contributed by atoms with Gasteiger partial charge < -0.3 is 30.5 Å². The van der Waals surface area contributed by atoms with Crippen LogP contribution in [0.4, 0.5) is 5.69 Å². The molecule has 1 aliphatic heterocycles. The minimum absolute atomic E-state index is 0.0731. The van der Waals surface area contributed by atoms with E-state index in [0.29, 0.717) is 5.56 Å². The highest BCUT2D eigenvalue weighted by molar-refractivity contribution is 7.80. The summed E-state index contributed by atoms with van der Waals surface area (Å²) in [6.07, 6.45) is -5.45. The molecule has 1 aliphatic rings. The Bertz CT molecular complexity index is 687. The molecule has 11 nitrogen and oxygen atoms in total. The van der Waals surface area contributed by atoms with E-state index < -0.39 is 42.2 Å². The Morgan fingerprint density at radius 1 is 1.35 bits per heavy atom. The molecule has 12 heteroatoms. The number of hydrogen-bond acceptors (Lipinski definition) is 9. The summed E-state index contributed by atoms with van der Waals surface area (Å²) in [5, 5.41) is 55.4. The number of non-ortho nitro benzene ring substituents is 1. The van der Waals surface area contributed by atoms with Crippen molar-refractivity contribution in [3.05, 3.63) is 39.9 Å². The monoisotopic (exact) mass is 386 g/mol. The summed E-state index contributed by atoms with van der Waals surface area (Å²) in [7, 11) is 0. The first-order chi connectivity index (χ1) is 12.3. The SMILES string of the molecule is O=[N+]([O-])c1cccc(/C=N/NC(=S)N[C@@H]2O[C@H](CO)[C@@H](O)[C@H](O)[C@H]2O)c1. The fraction of sp³-hybridized carbons (Fsp3) is 0.429. The number of benzene rings is 1. The van der Waals surface area contributed by atoms with Gasteiger partial charge in [-0.2, -0.15) is 5.10 Å². The van der Waals surface area contributed by atoms with E-state index in [1.54, 1.807) is 6.07 Å². The number of rotatable bonds is 5. The minimum Gasteiger partial charge on any atom is -0.394 e. The first-order valence-corrected chi connectivity index (χ1v) is 7.89. The number of nitrogens with zero attached hydrogens (tertiary/aromatic N) is 2. The molecule has 1 fully saturated rings. The fourth-order valence-electron chi connectivity index (χ4n) is 2.27. The number of aliphatic hydroxyl groups is 4. The molecule has 1 aromatic rings. The zero-order valence-corrected chi connectivity index (χ0v) is 14.1. The maximum Gasteiger partial charge on any atom is 0.270 e. The van der Waals surface area contributed by atoms with Crippen LogP contribution in [0.5, 0.6) is 0 Å². The van der Waals surface area contributed by atoms with Crippen LogP contribution in [0.3, 0.4) is 0 Å². The molecule has 0 aromatic heterocycles. The van der Waals surface area contributed by atoms with Crippen LogP contribution in [0, 0.1) is 10.1 Å². The zero-order chi connectivity index (χ0) is 19.3. The van der Waals surface area contributed by atoms with E-state index in [2.05, 4.69) is 15.8 Å². The van der Waals surface area contributed by atoms with Crippen LogP contribution in [0.15, 0.2) is 29.4 Å². The predicted octanol–water partition coefficient (Wildman–Crippen LogP) is -1.81. The third kappa shape index (κ3) is 4.91. The number of hydrogen-bond donors (Lipinski definition) is 6. The minimum atomic E-state index is -1.53. The molecule has 0 spiro atoms. The molecule has 0 saturated carbocycles. The van der Waals surface area contributed by atoms with Crippen LogP contribution < -0.4 is 10.7 Å². The Morgan fingerprint density at radius 3 is 2.73 bits per heavy atom. The lowest BCUT2D eigenvalue weighted by molar-refractivity contribution is -0.384. The van der Waals surface area contributed by atoms with Gasteiger partial charge in [0.25, 0.3) is 5.69 Å². The molecule has 0 aliphatic carbocycles. The molecule has 5 atom stereocenters. The summed E-state index contributed by atoms with van der Waals surface area (Å²) < 4.78 is 5.23. The lowest BCUT2D eigenvalue weighted by Gasteiger charge is -2.40. The van der Waals surface area contributed by atoms with Gasteiger partial charge in [0, 0.05) is 17.7 Å². The predicted molar refractivity (Wildman–Crippen MR) is 93.3 cm³/mol. The van der Waals surface area contributed by atoms with Crippen LogP contribution in [-0.2, 0) is 4.74 Å². The maximum absolute atomic E-state index is 10.7. The number of nitro benzene ring substituents is 1. The number of aliphatic hydroxyl groups excluding tert-OH is 4. The van der Waals surface area contributed by atoms with Gasteiger partial charge in [-0.1, -0.05) is 12.1 Å². The van der Waals surface area contributed by atoms with Crippen molar-refractivity contribution in [2.75, 3.05) is 6.61 Å². The smallest absolute Gasteiger partial charge is 0.270 e. The quantitative estimate of drug-likeness (QED) is 0.147. The van der Waals surface area contributed by atoms with Gasteiger partial charge in [-0.05, 0) is 12.2 Å². The van der Waals surface area contributed by atoms with Crippen molar-refractivity contribution in [3.63, 3.8) is 0 Å². The Kier molecular flexibility index (Phi) is 6.90. The van der Waals surface area contributed by atoms with Crippen LogP contribution in [-0.4, -0.2) is 73.9 Å². The van der Waals surface area contributed by atoms with Crippen LogP contribution in [0.2, 0.25) is 0 Å². The molecule has 1 aromatic carbocycles. The molecule has 2 rings (SSSR count). The van der Waals surface area contributed by atoms with Gasteiger partial charge in [0.2, 0.25) is 0 Å². The standard InChI is InChI=1S/C14H18N4O7S/c19-6-9-10(20)11(21)12(22)13(25-9)16-14(26)17-15-5-7-2-1-3-8(4-7)18(23)24/h1-5,9-13,19-22H,6H2,(H2,16,17,26)/b15-5+/t9-,10-,11+,12-,13-/m1/s1. The molecular formula is C14H18N4O7S. The van der Waals surface area contributed by atoms with Crippen molar-refractivity contribution >= 4 is 29.2 Å². The number of ether oxygens (including phenoxy) is 1. The molecule has 26 heavy (non-hydrogen) atoms. The van der Waals surface area contributed by atoms with Crippen LogP contribution >= 0.6 is 12.2 Å². The second-order valence-electron chi connectivity index (χ2n) is 5.45. The van der Waals surface area contributed by atoms with Crippen molar-refractivity contribution in [2.24, 2.45) is 5.10 Å². The van der Waals surface area contributed by atoms with E-state index in [1.165, 1.54) is 24.4 Å². The Labute approximate surface area is 153 Å². The van der Waals surface area contributed by atoms with Gasteiger partial charge in [-0.3, -0.25) is 15.5 Å². The summed E-state index contributed by atoms with van der Waals surface area (Å²) in [6.45, 7) is -0.561. The van der Waals surface area contributed by atoms with Gasteiger partial charge in [-0.25, -0.2) is 0 Å². The highest BCUT2D eigenvalue weighted by Gasteiger charge is 2.43. The van der Waals surface area contributed by atoms with Gasteiger partial charge >= 0.3 is 0 Å². The normalized spacial score (nSPS) is 28.7. The molecule has 0 radical (unpaired) electrons. The zero-order valence-electron chi connectivity index (χ0n) is 13.3. The van der Waals surface area contributed by atoms with E-state index in [4.69, 9.17) is 22.1 Å². The summed E-state index contributed by atoms with van der Waals surface area (Å²) in [6, 6.07) is 5.77. The maximum atomic E-state index is 10.7. The molecule has 1 saturated heterocycles. The van der Waals surface area contributed by atoms with Gasteiger partial charge in [0.05, 0.1) is 17.7 Å². The Hall–Kier alpha value is -2.22. The molecule has 1 heterocycles. The van der Waals surface area contributed by atoms with Crippen molar-refractivity contribution in [2.45, 2.75) is 30.6 Å². The first kappa shape index (κ1) is 20.1. The summed E-state index contributed by atoms with van der Waals surface area (Å²) in [5.41, 5.74) is 2.80. The lowest BCUT2D eigenvalue weighted by atomic mass is 9.98. The van der Waals surface area contributed by atoms with E-state index in [1.807, 2.05) is 0 Å². The van der Waals surface area contributed by atoms with E-state index in [0.717, 1.165) is 0 Å². The topological polar surface area (TPSA) is 170 Å². The summed E-state index contributed by atoms with van der Waals surface area (Å²) in [4.78, 5) is 10.2. The van der Waals surface area contributed by atoms with Crippen molar-refractivity contribution in [3.8, 4) is 0 Å². The largest absolute Gasteiger partial charge is 0.394 e. The molecule has 142 valence electrons. The Balaban J connectivity index is 1.92. The third-order valence-electron chi connectivity index (χ3n) is 3.63. The number of thiocarbonyl (C=S) groups is 1. The van der Waals surface area contributed by atoms with E-state index >= 15 is 0 Å². The van der Waals surface area contributed by atoms with Crippen LogP contribution in [0.25, 0.3) is 0 Å². The average molecular weight is 386 g/mol. The number of nitro groups is 1. The highest BCUT2D eigenvalue weighted by atomic mass is 32.1. The van der Waals surface area contributed by atoms with E-state index in [9.17, 15) is 25.4 Å².